The Kier molecular flexibility index (Phi) is 6.47. The van der Waals surface area contributed by atoms with Gasteiger partial charge in [-0.25, -0.2) is 4.98 Å². The first kappa shape index (κ1) is 19.0. The number of rotatable bonds is 9. The first-order valence-corrected chi connectivity index (χ1v) is 9.58. The fraction of sp³-hybridized carbons (Fsp3) is 0.364. The molecule has 0 radical (unpaired) electrons. The Labute approximate surface area is 160 Å². The molecule has 0 saturated heterocycles. The SMILES string of the molecule is CCOc1ccccc1CCC(=O)NCCCn1c(C)nc2ccccc21. The number of imidazole rings is 1. The van der Waals surface area contributed by atoms with Crippen LogP contribution in [0.15, 0.2) is 48.5 Å². The summed E-state index contributed by atoms with van der Waals surface area (Å²) in [7, 11) is 0. The summed E-state index contributed by atoms with van der Waals surface area (Å²) in [5.74, 6) is 1.96. The number of amides is 1. The van der Waals surface area contributed by atoms with Crippen LogP contribution in [0.5, 0.6) is 5.75 Å². The van der Waals surface area contributed by atoms with E-state index in [-0.39, 0.29) is 5.91 Å². The van der Waals surface area contributed by atoms with E-state index in [0.717, 1.165) is 41.1 Å². The van der Waals surface area contributed by atoms with Crippen LogP contribution in [-0.2, 0) is 17.8 Å². The van der Waals surface area contributed by atoms with Crippen LogP contribution in [0.4, 0.5) is 0 Å². The van der Waals surface area contributed by atoms with E-state index in [2.05, 4.69) is 20.9 Å². The van der Waals surface area contributed by atoms with E-state index >= 15 is 0 Å². The van der Waals surface area contributed by atoms with Crippen molar-refractivity contribution in [1.29, 1.82) is 0 Å². The van der Waals surface area contributed by atoms with Crippen LogP contribution in [0.25, 0.3) is 11.0 Å². The zero-order chi connectivity index (χ0) is 19.1. The van der Waals surface area contributed by atoms with Gasteiger partial charge in [0.15, 0.2) is 0 Å². The van der Waals surface area contributed by atoms with Crippen molar-refractivity contribution in [3.05, 3.63) is 59.9 Å². The number of hydrogen-bond donors (Lipinski definition) is 1. The number of benzene rings is 2. The average Bonchev–Trinajstić information content (AvgIpc) is 3.00. The molecule has 0 bridgehead atoms. The Hall–Kier alpha value is -2.82. The van der Waals surface area contributed by atoms with Gasteiger partial charge in [0.25, 0.3) is 0 Å². The molecule has 1 aromatic heterocycles. The lowest BCUT2D eigenvalue weighted by Crippen LogP contribution is -2.25. The van der Waals surface area contributed by atoms with Crippen LogP contribution in [0.3, 0.4) is 0 Å². The fourth-order valence-electron chi connectivity index (χ4n) is 3.29. The van der Waals surface area contributed by atoms with E-state index in [1.165, 1.54) is 0 Å². The lowest BCUT2D eigenvalue weighted by Gasteiger charge is -2.10. The number of aryl methyl sites for hydroxylation is 3. The molecule has 0 aliphatic carbocycles. The molecular formula is C22H27N3O2. The number of carbonyl (C=O) groups is 1. The first-order chi connectivity index (χ1) is 13.2. The second kappa shape index (κ2) is 9.21. The fourth-order valence-corrected chi connectivity index (χ4v) is 3.29. The van der Waals surface area contributed by atoms with Crippen molar-refractivity contribution in [2.24, 2.45) is 0 Å². The van der Waals surface area contributed by atoms with Gasteiger partial charge < -0.3 is 14.6 Å². The van der Waals surface area contributed by atoms with Crippen molar-refractivity contribution in [3.63, 3.8) is 0 Å². The lowest BCUT2D eigenvalue weighted by atomic mass is 10.1. The molecule has 1 heterocycles. The molecule has 0 aliphatic heterocycles. The van der Waals surface area contributed by atoms with Crippen molar-refractivity contribution in [2.75, 3.05) is 13.2 Å². The van der Waals surface area contributed by atoms with Crippen molar-refractivity contribution < 1.29 is 9.53 Å². The standard InChI is InChI=1S/C22H27N3O2/c1-3-27-21-12-7-4-9-18(21)13-14-22(26)23-15-8-16-25-17(2)24-19-10-5-6-11-20(19)25/h4-7,9-12H,3,8,13-16H2,1-2H3,(H,23,26). The minimum Gasteiger partial charge on any atom is -0.494 e. The Morgan fingerprint density at radius 2 is 1.93 bits per heavy atom. The van der Waals surface area contributed by atoms with Gasteiger partial charge in [-0.15, -0.1) is 0 Å². The largest absolute Gasteiger partial charge is 0.494 e. The predicted molar refractivity (Wildman–Crippen MR) is 108 cm³/mol. The number of aromatic nitrogens is 2. The minimum atomic E-state index is 0.0773. The number of para-hydroxylation sites is 3. The zero-order valence-electron chi connectivity index (χ0n) is 16.1. The van der Waals surface area contributed by atoms with Gasteiger partial charge in [-0.2, -0.15) is 0 Å². The van der Waals surface area contributed by atoms with E-state index < -0.39 is 0 Å². The third kappa shape index (κ3) is 4.88. The molecule has 1 amide bonds. The summed E-state index contributed by atoms with van der Waals surface area (Å²) >= 11 is 0. The molecule has 5 heteroatoms. The highest BCUT2D eigenvalue weighted by Crippen LogP contribution is 2.19. The highest BCUT2D eigenvalue weighted by atomic mass is 16.5. The van der Waals surface area contributed by atoms with Crippen molar-refractivity contribution in [3.8, 4) is 5.75 Å². The second-order valence-corrected chi connectivity index (χ2v) is 6.54. The van der Waals surface area contributed by atoms with Gasteiger partial charge in [0.1, 0.15) is 11.6 Å². The summed E-state index contributed by atoms with van der Waals surface area (Å²) in [6, 6.07) is 16.1. The molecule has 0 saturated carbocycles. The van der Waals surface area contributed by atoms with E-state index in [9.17, 15) is 4.79 Å². The summed E-state index contributed by atoms with van der Waals surface area (Å²) in [6.45, 7) is 6.13. The molecule has 0 aliphatic rings. The Morgan fingerprint density at radius 3 is 2.78 bits per heavy atom. The van der Waals surface area contributed by atoms with E-state index in [1.807, 2.05) is 56.3 Å². The third-order valence-electron chi connectivity index (χ3n) is 4.62. The monoisotopic (exact) mass is 365 g/mol. The molecule has 1 N–H and O–H groups in total. The van der Waals surface area contributed by atoms with E-state index in [4.69, 9.17) is 4.74 Å². The molecule has 0 atom stereocenters. The maximum Gasteiger partial charge on any atom is 0.220 e. The number of hydrogen-bond acceptors (Lipinski definition) is 3. The minimum absolute atomic E-state index is 0.0773. The second-order valence-electron chi connectivity index (χ2n) is 6.54. The van der Waals surface area contributed by atoms with Gasteiger partial charge >= 0.3 is 0 Å². The molecule has 3 aromatic rings. The van der Waals surface area contributed by atoms with Crippen LogP contribution in [0, 0.1) is 6.92 Å². The van der Waals surface area contributed by atoms with Gasteiger partial charge in [-0.3, -0.25) is 4.79 Å². The summed E-state index contributed by atoms with van der Waals surface area (Å²) in [4.78, 5) is 16.7. The molecular weight excluding hydrogens is 338 g/mol. The molecule has 27 heavy (non-hydrogen) atoms. The molecule has 2 aromatic carbocycles. The molecule has 3 rings (SSSR count). The Balaban J connectivity index is 1.44. The quantitative estimate of drug-likeness (QED) is 0.586. The zero-order valence-corrected chi connectivity index (χ0v) is 16.1. The average molecular weight is 365 g/mol. The lowest BCUT2D eigenvalue weighted by molar-refractivity contribution is -0.121. The summed E-state index contributed by atoms with van der Waals surface area (Å²) in [5, 5.41) is 3.02. The van der Waals surface area contributed by atoms with Crippen LogP contribution < -0.4 is 10.1 Å². The van der Waals surface area contributed by atoms with Gasteiger partial charge in [0.2, 0.25) is 5.91 Å². The van der Waals surface area contributed by atoms with Crippen LogP contribution in [-0.4, -0.2) is 28.6 Å². The Morgan fingerprint density at radius 1 is 1.15 bits per heavy atom. The number of nitrogens with one attached hydrogen (secondary N) is 1. The van der Waals surface area contributed by atoms with E-state index in [1.54, 1.807) is 0 Å². The highest BCUT2D eigenvalue weighted by Gasteiger charge is 2.08. The van der Waals surface area contributed by atoms with Crippen LogP contribution in [0.1, 0.15) is 31.2 Å². The molecule has 0 spiro atoms. The number of carbonyl (C=O) groups excluding carboxylic acids is 1. The van der Waals surface area contributed by atoms with Gasteiger partial charge in [0.05, 0.1) is 17.6 Å². The van der Waals surface area contributed by atoms with Crippen molar-refractivity contribution >= 4 is 16.9 Å². The molecule has 0 unspecified atom stereocenters. The highest BCUT2D eigenvalue weighted by molar-refractivity contribution is 5.76. The van der Waals surface area contributed by atoms with Crippen LogP contribution >= 0.6 is 0 Å². The summed E-state index contributed by atoms with van der Waals surface area (Å²) in [5.41, 5.74) is 3.25. The molecule has 5 nitrogen and oxygen atoms in total. The van der Waals surface area contributed by atoms with Crippen LogP contribution in [0.2, 0.25) is 0 Å². The van der Waals surface area contributed by atoms with E-state index in [0.29, 0.717) is 26.0 Å². The topological polar surface area (TPSA) is 56.1 Å². The maximum absolute atomic E-state index is 12.2. The molecule has 0 fully saturated rings. The maximum atomic E-state index is 12.2. The number of ether oxygens (including phenoxy) is 1. The molecule has 142 valence electrons. The van der Waals surface area contributed by atoms with Gasteiger partial charge in [0, 0.05) is 19.5 Å². The smallest absolute Gasteiger partial charge is 0.220 e. The van der Waals surface area contributed by atoms with Crippen molar-refractivity contribution in [2.45, 2.75) is 39.7 Å². The Bertz CT molecular complexity index is 901. The number of nitrogens with zero attached hydrogens (tertiary/aromatic N) is 2. The third-order valence-corrected chi connectivity index (χ3v) is 4.62. The van der Waals surface area contributed by atoms with Crippen molar-refractivity contribution in [1.82, 2.24) is 14.9 Å². The van der Waals surface area contributed by atoms with Gasteiger partial charge in [-0.1, -0.05) is 30.3 Å². The summed E-state index contributed by atoms with van der Waals surface area (Å²) in [6.07, 6.45) is 2.03. The normalized spacial score (nSPS) is 10.9. The summed E-state index contributed by atoms with van der Waals surface area (Å²) < 4.78 is 7.82. The first-order valence-electron chi connectivity index (χ1n) is 9.58. The number of fused-ring (bicyclic) bond motifs is 1. The van der Waals surface area contributed by atoms with Gasteiger partial charge in [-0.05, 0) is 50.5 Å². The predicted octanol–water partition coefficient (Wildman–Crippen LogP) is 3.88.